The number of furan rings is 1. The zero-order valence-electron chi connectivity index (χ0n) is 17.2. The van der Waals surface area contributed by atoms with Gasteiger partial charge < -0.3 is 14.5 Å². The highest BCUT2D eigenvalue weighted by atomic mass is 32.2. The smallest absolute Gasteiger partial charge is 0.255 e. The minimum Gasteiger partial charge on any atom is -0.461 e. The molecule has 2 aromatic heterocycles. The largest absolute Gasteiger partial charge is 0.461 e. The predicted molar refractivity (Wildman–Crippen MR) is 117 cm³/mol. The van der Waals surface area contributed by atoms with Gasteiger partial charge >= 0.3 is 0 Å². The van der Waals surface area contributed by atoms with Crippen molar-refractivity contribution in [3.63, 3.8) is 0 Å². The van der Waals surface area contributed by atoms with Crippen molar-refractivity contribution in [2.75, 3.05) is 26.0 Å². The van der Waals surface area contributed by atoms with Gasteiger partial charge in [-0.1, -0.05) is 30.3 Å². The number of ether oxygens (including phenoxy) is 1. The molecule has 6 nitrogen and oxygen atoms in total. The first-order valence-electron chi connectivity index (χ1n) is 10.0. The number of aryl methyl sites for hydroxylation is 1. The highest BCUT2D eigenvalue weighted by Crippen LogP contribution is 2.34. The van der Waals surface area contributed by atoms with Crippen LogP contribution < -0.4 is 5.32 Å². The Morgan fingerprint density at radius 2 is 1.90 bits per heavy atom. The maximum absolute atomic E-state index is 13.2. The Morgan fingerprint density at radius 3 is 2.57 bits per heavy atom. The second-order valence-electron chi connectivity index (χ2n) is 7.44. The SMILES string of the molecule is CSc1nc(-c2ccco2)nc(C)c1C(=O)NCC1(c2ccccc2)CCOCC1. The fourth-order valence-corrected chi connectivity index (χ4v) is 4.55. The minimum absolute atomic E-state index is 0.127. The third kappa shape index (κ3) is 4.13. The lowest BCUT2D eigenvalue weighted by molar-refractivity contribution is 0.0486. The van der Waals surface area contributed by atoms with Crippen LogP contribution in [0.3, 0.4) is 0 Å². The van der Waals surface area contributed by atoms with Crippen molar-refractivity contribution < 1.29 is 13.9 Å². The average molecular weight is 424 g/mol. The van der Waals surface area contributed by atoms with Crippen LogP contribution in [-0.4, -0.2) is 41.9 Å². The van der Waals surface area contributed by atoms with Gasteiger partial charge in [0.05, 0.1) is 17.5 Å². The number of nitrogens with one attached hydrogen (secondary N) is 1. The summed E-state index contributed by atoms with van der Waals surface area (Å²) in [6.07, 6.45) is 5.25. The maximum atomic E-state index is 13.2. The second-order valence-corrected chi connectivity index (χ2v) is 8.23. The molecule has 0 unspecified atom stereocenters. The first kappa shape index (κ1) is 20.6. The monoisotopic (exact) mass is 423 g/mol. The van der Waals surface area contributed by atoms with Gasteiger partial charge in [0, 0.05) is 25.2 Å². The van der Waals surface area contributed by atoms with Gasteiger partial charge in [0.15, 0.2) is 11.6 Å². The molecule has 30 heavy (non-hydrogen) atoms. The highest BCUT2D eigenvalue weighted by molar-refractivity contribution is 7.98. The van der Waals surface area contributed by atoms with Gasteiger partial charge in [-0.3, -0.25) is 4.79 Å². The summed E-state index contributed by atoms with van der Waals surface area (Å²) in [7, 11) is 0. The van der Waals surface area contributed by atoms with E-state index in [0.29, 0.717) is 47.6 Å². The van der Waals surface area contributed by atoms with Gasteiger partial charge in [-0.2, -0.15) is 0 Å². The molecule has 1 N–H and O–H groups in total. The number of aromatic nitrogens is 2. The average Bonchev–Trinajstić information content (AvgIpc) is 3.33. The van der Waals surface area contributed by atoms with Crippen LogP contribution >= 0.6 is 11.8 Å². The minimum atomic E-state index is -0.148. The fourth-order valence-electron chi connectivity index (χ4n) is 3.93. The molecule has 1 aliphatic heterocycles. The van der Waals surface area contributed by atoms with Crippen LogP contribution in [0.15, 0.2) is 58.2 Å². The van der Waals surface area contributed by atoms with Gasteiger partial charge in [0.2, 0.25) is 0 Å². The molecule has 3 aromatic rings. The lowest BCUT2D eigenvalue weighted by atomic mass is 9.74. The molecule has 4 rings (SSSR count). The highest BCUT2D eigenvalue weighted by Gasteiger charge is 2.35. The third-order valence-corrected chi connectivity index (χ3v) is 6.32. The number of hydrogen-bond acceptors (Lipinski definition) is 6. The predicted octanol–water partition coefficient (Wildman–Crippen LogP) is 4.25. The number of carbonyl (C=O) groups is 1. The van der Waals surface area contributed by atoms with E-state index < -0.39 is 0 Å². The summed E-state index contributed by atoms with van der Waals surface area (Å²) in [5, 5.41) is 3.81. The molecule has 0 atom stereocenters. The van der Waals surface area contributed by atoms with E-state index in [1.807, 2.05) is 37.4 Å². The van der Waals surface area contributed by atoms with E-state index in [1.165, 1.54) is 17.3 Å². The lowest BCUT2D eigenvalue weighted by Crippen LogP contribution is -2.44. The Morgan fingerprint density at radius 1 is 1.13 bits per heavy atom. The molecular weight excluding hydrogens is 398 g/mol. The summed E-state index contributed by atoms with van der Waals surface area (Å²) < 4.78 is 11.0. The van der Waals surface area contributed by atoms with Crippen molar-refractivity contribution in [1.82, 2.24) is 15.3 Å². The van der Waals surface area contributed by atoms with E-state index in [4.69, 9.17) is 9.15 Å². The molecular formula is C23H25N3O3S. The molecule has 0 bridgehead atoms. The summed E-state index contributed by atoms with van der Waals surface area (Å²) in [6, 6.07) is 14.0. The van der Waals surface area contributed by atoms with Gasteiger partial charge in [-0.25, -0.2) is 9.97 Å². The van der Waals surface area contributed by atoms with E-state index in [-0.39, 0.29) is 11.3 Å². The molecule has 0 spiro atoms. The van der Waals surface area contributed by atoms with Crippen LogP contribution in [0.4, 0.5) is 0 Å². The van der Waals surface area contributed by atoms with Gasteiger partial charge in [-0.05, 0) is 43.7 Å². The van der Waals surface area contributed by atoms with Gasteiger partial charge in [-0.15, -0.1) is 11.8 Å². The standard InChI is InChI=1S/C23H25N3O3S/c1-16-19(22(30-2)26-20(25-16)18-9-6-12-29-18)21(27)24-15-23(10-13-28-14-11-23)17-7-4-3-5-8-17/h3-9,12H,10-11,13-15H2,1-2H3,(H,24,27). The van der Waals surface area contributed by atoms with E-state index >= 15 is 0 Å². The zero-order valence-corrected chi connectivity index (χ0v) is 18.0. The van der Waals surface area contributed by atoms with E-state index in [1.54, 1.807) is 12.3 Å². The Bertz CT molecular complexity index is 1000. The molecule has 156 valence electrons. The quantitative estimate of drug-likeness (QED) is 0.472. The van der Waals surface area contributed by atoms with Crippen LogP contribution in [-0.2, 0) is 10.2 Å². The first-order valence-corrected chi connectivity index (χ1v) is 11.2. The summed E-state index contributed by atoms with van der Waals surface area (Å²) >= 11 is 1.43. The molecule has 0 saturated carbocycles. The first-order chi connectivity index (χ1) is 14.6. The van der Waals surface area contributed by atoms with Gasteiger partial charge in [0.25, 0.3) is 5.91 Å². The summed E-state index contributed by atoms with van der Waals surface area (Å²) in [4.78, 5) is 22.3. The Hall–Kier alpha value is -2.64. The number of benzene rings is 1. The molecule has 3 heterocycles. The van der Waals surface area contributed by atoms with Crippen molar-refractivity contribution in [3.8, 4) is 11.6 Å². The van der Waals surface area contributed by atoms with Gasteiger partial charge in [0.1, 0.15) is 5.03 Å². The van der Waals surface area contributed by atoms with Crippen LogP contribution in [0.25, 0.3) is 11.6 Å². The van der Waals surface area contributed by atoms with Crippen molar-refractivity contribution in [2.24, 2.45) is 0 Å². The molecule has 1 aliphatic rings. The summed E-state index contributed by atoms with van der Waals surface area (Å²) in [6.45, 7) is 3.78. The lowest BCUT2D eigenvalue weighted by Gasteiger charge is -2.38. The van der Waals surface area contributed by atoms with Crippen LogP contribution in [0, 0.1) is 6.92 Å². The van der Waals surface area contributed by atoms with E-state index in [0.717, 1.165) is 12.8 Å². The zero-order chi connectivity index (χ0) is 21.0. The topological polar surface area (TPSA) is 77.2 Å². The number of nitrogens with zero attached hydrogens (tertiary/aromatic N) is 2. The summed E-state index contributed by atoms with van der Waals surface area (Å²) in [5.41, 5.74) is 2.27. The maximum Gasteiger partial charge on any atom is 0.255 e. The normalized spacial score (nSPS) is 15.7. The molecule has 1 saturated heterocycles. The number of carbonyl (C=O) groups excluding carboxylic acids is 1. The van der Waals surface area contributed by atoms with E-state index in [2.05, 4.69) is 27.4 Å². The Kier molecular flexibility index (Phi) is 6.20. The van der Waals surface area contributed by atoms with Crippen molar-refractivity contribution in [1.29, 1.82) is 0 Å². The van der Waals surface area contributed by atoms with Crippen molar-refractivity contribution in [3.05, 3.63) is 65.5 Å². The van der Waals surface area contributed by atoms with Crippen molar-refractivity contribution >= 4 is 17.7 Å². The number of rotatable bonds is 6. The van der Waals surface area contributed by atoms with Crippen molar-refractivity contribution in [2.45, 2.75) is 30.2 Å². The molecule has 0 aliphatic carbocycles. The number of amides is 1. The number of hydrogen-bond donors (Lipinski definition) is 1. The third-order valence-electron chi connectivity index (χ3n) is 5.64. The Labute approximate surface area is 180 Å². The van der Waals surface area contributed by atoms with Crippen LogP contribution in [0.2, 0.25) is 0 Å². The molecule has 1 fully saturated rings. The molecule has 1 amide bonds. The van der Waals surface area contributed by atoms with Crippen LogP contribution in [0.5, 0.6) is 0 Å². The Balaban J connectivity index is 1.59. The second kappa shape index (κ2) is 9.02. The summed E-state index contributed by atoms with van der Waals surface area (Å²) in [5.74, 6) is 0.929. The molecule has 7 heteroatoms. The molecule has 1 aromatic carbocycles. The fraction of sp³-hybridized carbons (Fsp3) is 0.348. The molecule has 0 radical (unpaired) electrons. The number of thioether (sulfide) groups is 1. The van der Waals surface area contributed by atoms with E-state index in [9.17, 15) is 4.79 Å². The van der Waals surface area contributed by atoms with Crippen LogP contribution in [0.1, 0.15) is 34.5 Å².